The van der Waals surface area contributed by atoms with Gasteiger partial charge < -0.3 is 5.32 Å². The van der Waals surface area contributed by atoms with Gasteiger partial charge in [-0.2, -0.15) is 0 Å². The van der Waals surface area contributed by atoms with Crippen LogP contribution in [0.1, 0.15) is 82.4 Å². The van der Waals surface area contributed by atoms with Gasteiger partial charge >= 0.3 is 0 Å². The van der Waals surface area contributed by atoms with Gasteiger partial charge in [-0.05, 0) is 49.6 Å². The Hall–Kier alpha value is -0.890. The molecule has 0 aliphatic carbocycles. The average Bonchev–Trinajstić information content (AvgIpc) is 2.46. The highest BCUT2D eigenvalue weighted by Crippen LogP contribution is 2.24. The van der Waals surface area contributed by atoms with Crippen molar-refractivity contribution < 1.29 is 4.39 Å². The average molecular weight is 293 g/mol. The molecule has 0 aromatic heterocycles. The second-order valence-electron chi connectivity index (χ2n) is 6.06. The number of hydrogen-bond donors (Lipinski definition) is 1. The maximum absolute atomic E-state index is 13.3. The molecule has 0 spiro atoms. The monoisotopic (exact) mass is 293 g/mol. The number of aryl methyl sites for hydroxylation is 1. The molecule has 21 heavy (non-hydrogen) atoms. The minimum Gasteiger partial charge on any atom is -0.310 e. The lowest BCUT2D eigenvalue weighted by atomic mass is 9.95. The van der Waals surface area contributed by atoms with Crippen LogP contribution < -0.4 is 5.32 Å². The predicted molar refractivity (Wildman–Crippen MR) is 90.2 cm³/mol. The second kappa shape index (κ2) is 10.8. The molecule has 0 bridgehead atoms. The van der Waals surface area contributed by atoms with E-state index in [0.29, 0.717) is 6.04 Å². The molecule has 1 rings (SSSR count). The Labute approximate surface area is 130 Å². The molecule has 1 atom stereocenters. The summed E-state index contributed by atoms with van der Waals surface area (Å²) in [4.78, 5) is 0. The largest absolute Gasteiger partial charge is 0.310 e. The summed E-state index contributed by atoms with van der Waals surface area (Å²) < 4.78 is 13.3. The summed E-state index contributed by atoms with van der Waals surface area (Å²) in [7, 11) is 0. The normalized spacial score (nSPS) is 12.6. The van der Waals surface area contributed by atoms with Gasteiger partial charge in [0.15, 0.2) is 0 Å². The van der Waals surface area contributed by atoms with E-state index in [-0.39, 0.29) is 5.82 Å². The molecule has 0 aliphatic rings. The summed E-state index contributed by atoms with van der Waals surface area (Å²) in [5, 5.41) is 3.63. The third-order valence-electron chi connectivity index (χ3n) is 4.09. The maximum Gasteiger partial charge on any atom is 0.123 e. The summed E-state index contributed by atoms with van der Waals surface area (Å²) >= 11 is 0. The molecule has 0 radical (unpaired) electrons. The molecule has 120 valence electrons. The maximum atomic E-state index is 13.3. The number of halogens is 1. The SMILES string of the molecule is CCCCCCCCC(NCCC)c1ccc(F)cc1C. The van der Waals surface area contributed by atoms with Crippen LogP contribution in [0.15, 0.2) is 18.2 Å². The zero-order chi connectivity index (χ0) is 15.5. The first-order valence-electron chi connectivity index (χ1n) is 8.68. The van der Waals surface area contributed by atoms with Gasteiger partial charge in [0.2, 0.25) is 0 Å². The Morgan fingerprint density at radius 1 is 1.00 bits per heavy atom. The fourth-order valence-corrected chi connectivity index (χ4v) is 2.84. The summed E-state index contributed by atoms with van der Waals surface area (Å²) in [5.74, 6) is -0.134. The van der Waals surface area contributed by atoms with Crippen molar-refractivity contribution in [1.82, 2.24) is 5.32 Å². The number of rotatable bonds is 11. The van der Waals surface area contributed by atoms with Crippen LogP contribution in [0.2, 0.25) is 0 Å². The van der Waals surface area contributed by atoms with Crippen LogP contribution >= 0.6 is 0 Å². The van der Waals surface area contributed by atoms with Crippen molar-refractivity contribution in [3.63, 3.8) is 0 Å². The standard InChI is InChI=1S/C19H32FN/c1-4-6-7-8-9-10-11-19(21-14-5-2)18-13-12-17(20)15-16(18)3/h12-13,15,19,21H,4-11,14H2,1-3H3. The molecule has 0 saturated carbocycles. The summed E-state index contributed by atoms with van der Waals surface area (Å²) in [5.41, 5.74) is 2.33. The molecular weight excluding hydrogens is 261 g/mol. The lowest BCUT2D eigenvalue weighted by molar-refractivity contribution is 0.464. The van der Waals surface area contributed by atoms with E-state index in [0.717, 1.165) is 24.9 Å². The highest BCUT2D eigenvalue weighted by Gasteiger charge is 2.13. The predicted octanol–water partition coefficient (Wildman–Crippen LogP) is 5.93. The Balaban J connectivity index is 2.50. The van der Waals surface area contributed by atoms with Crippen LogP contribution in [-0.2, 0) is 0 Å². The van der Waals surface area contributed by atoms with Crippen LogP contribution in [0, 0.1) is 12.7 Å². The first-order valence-corrected chi connectivity index (χ1v) is 8.68. The van der Waals surface area contributed by atoms with Gasteiger partial charge in [0.1, 0.15) is 5.82 Å². The van der Waals surface area contributed by atoms with Crippen LogP contribution in [0.4, 0.5) is 4.39 Å². The van der Waals surface area contributed by atoms with E-state index in [1.54, 1.807) is 12.1 Å². The van der Waals surface area contributed by atoms with E-state index in [9.17, 15) is 4.39 Å². The minimum atomic E-state index is -0.134. The summed E-state index contributed by atoms with van der Waals surface area (Å²) in [6, 6.07) is 5.56. The van der Waals surface area contributed by atoms with Gasteiger partial charge in [-0.25, -0.2) is 4.39 Å². The molecular formula is C19H32FN. The van der Waals surface area contributed by atoms with Crippen molar-refractivity contribution in [2.45, 2.75) is 78.2 Å². The second-order valence-corrected chi connectivity index (χ2v) is 6.06. The van der Waals surface area contributed by atoms with Gasteiger partial charge in [0.25, 0.3) is 0 Å². The number of hydrogen-bond acceptors (Lipinski definition) is 1. The first-order chi connectivity index (χ1) is 10.2. The van der Waals surface area contributed by atoms with E-state index < -0.39 is 0 Å². The van der Waals surface area contributed by atoms with E-state index in [1.807, 2.05) is 13.0 Å². The zero-order valence-electron chi connectivity index (χ0n) is 14.1. The Bertz CT molecular complexity index is 389. The Kier molecular flexibility index (Phi) is 9.32. The van der Waals surface area contributed by atoms with E-state index in [2.05, 4.69) is 19.2 Å². The van der Waals surface area contributed by atoms with Gasteiger partial charge in [0, 0.05) is 6.04 Å². The van der Waals surface area contributed by atoms with Crippen LogP contribution in [-0.4, -0.2) is 6.54 Å². The topological polar surface area (TPSA) is 12.0 Å². The van der Waals surface area contributed by atoms with Crippen molar-refractivity contribution in [2.24, 2.45) is 0 Å². The van der Waals surface area contributed by atoms with Crippen molar-refractivity contribution in [3.8, 4) is 0 Å². The van der Waals surface area contributed by atoms with Crippen molar-refractivity contribution in [2.75, 3.05) is 6.54 Å². The van der Waals surface area contributed by atoms with Gasteiger partial charge in [-0.15, -0.1) is 0 Å². The number of nitrogens with one attached hydrogen (secondary N) is 1. The molecule has 2 heteroatoms. The lowest BCUT2D eigenvalue weighted by Gasteiger charge is -2.21. The zero-order valence-corrected chi connectivity index (χ0v) is 14.1. The fourth-order valence-electron chi connectivity index (χ4n) is 2.84. The Morgan fingerprint density at radius 3 is 2.38 bits per heavy atom. The highest BCUT2D eigenvalue weighted by atomic mass is 19.1. The molecule has 1 N–H and O–H groups in total. The fraction of sp³-hybridized carbons (Fsp3) is 0.684. The summed E-state index contributed by atoms with van der Waals surface area (Å²) in [6.07, 6.45) is 10.2. The highest BCUT2D eigenvalue weighted by molar-refractivity contribution is 5.29. The molecule has 1 nitrogen and oxygen atoms in total. The third kappa shape index (κ3) is 7.08. The quantitative estimate of drug-likeness (QED) is 0.499. The number of unbranched alkanes of at least 4 members (excludes halogenated alkanes) is 5. The smallest absolute Gasteiger partial charge is 0.123 e. The van der Waals surface area contributed by atoms with Gasteiger partial charge in [0.05, 0.1) is 0 Å². The molecule has 0 aliphatic heterocycles. The number of benzene rings is 1. The summed E-state index contributed by atoms with van der Waals surface area (Å²) in [6.45, 7) is 7.48. The minimum absolute atomic E-state index is 0.134. The molecule has 0 amide bonds. The Morgan fingerprint density at radius 2 is 1.71 bits per heavy atom. The van der Waals surface area contributed by atoms with Crippen molar-refractivity contribution >= 4 is 0 Å². The molecule has 0 fully saturated rings. The van der Waals surface area contributed by atoms with Gasteiger partial charge in [-0.1, -0.05) is 58.4 Å². The molecule has 1 aromatic carbocycles. The van der Waals surface area contributed by atoms with E-state index in [1.165, 1.54) is 44.1 Å². The first kappa shape index (κ1) is 18.2. The molecule has 1 unspecified atom stereocenters. The van der Waals surface area contributed by atoms with E-state index >= 15 is 0 Å². The van der Waals surface area contributed by atoms with Crippen LogP contribution in [0.25, 0.3) is 0 Å². The molecule has 1 aromatic rings. The van der Waals surface area contributed by atoms with Crippen LogP contribution in [0.3, 0.4) is 0 Å². The van der Waals surface area contributed by atoms with Crippen molar-refractivity contribution in [1.29, 1.82) is 0 Å². The van der Waals surface area contributed by atoms with Crippen LogP contribution in [0.5, 0.6) is 0 Å². The lowest BCUT2D eigenvalue weighted by Crippen LogP contribution is -2.23. The molecule has 0 heterocycles. The van der Waals surface area contributed by atoms with E-state index in [4.69, 9.17) is 0 Å². The molecule has 0 saturated heterocycles. The third-order valence-corrected chi connectivity index (χ3v) is 4.09. The van der Waals surface area contributed by atoms with Crippen molar-refractivity contribution in [3.05, 3.63) is 35.1 Å². The van der Waals surface area contributed by atoms with Gasteiger partial charge in [-0.3, -0.25) is 0 Å².